The Morgan fingerprint density at radius 3 is 2.78 bits per heavy atom. The van der Waals surface area contributed by atoms with Gasteiger partial charge < -0.3 is 14.6 Å². The topological polar surface area (TPSA) is 55.8 Å². The maximum absolute atomic E-state index is 13.5. The van der Waals surface area contributed by atoms with Gasteiger partial charge in [-0.05, 0) is 31.0 Å². The van der Waals surface area contributed by atoms with Gasteiger partial charge in [-0.15, -0.1) is 0 Å². The van der Waals surface area contributed by atoms with Crippen LogP contribution in [0.5, 0.6) is 5.75 Å². The summed E-state index contributed by atoms with van der Waals surface area (Å²) in [7, 11) is 1.32. The van der Waals surface area contributed by atoms with Gasteiger partial charge in [0.2, 0.25) is 0 Å². The molecule has 1 aromatic carbocycles. The van der Waals surface area contributed by atoms with Crippen molar-refractivity contribution in [3.8, 4) is 5.75 Å². The Kier molecular flexibility index (Phi) is 5.58. The van der Waals surface area contributed by atoms with Crippen molar-refractivity contribution in [2.75, 3.05) is 13.7 Å². The highest BCUT2D eigenvalue weighted by atomic mass is 19.1. The average Bonchev–Trinajstić information content (AvgIpc) is 2.35. The highest BCUT2D eigenvalue weighted by molar-refractivity contribution is 5.69. The Labute approximate surface area is 105 Å². The van der Waals surface area contributed by atoms with E-state index in [0.717, 1.165) is 0 Å². The van der Waals surface area contributed by atoms with Crippen LogP contribution in [0.3, 0.4) is 0 Å². The Morgan fingerprint density at radius 2 is 2.22 bits per heavy atom. The Hall–Kier alpha value is -1.62. The molecule has 0 aliphatic rings. The van der Waals surface area contributed by atoms with Crippen molar-refractivity contribution in [2.45, 2.75) is 25.9 Å². The standard InChI is InChI=1S/C13H17FO4/c1-9(15)10-5-6-12(11(14)8-10)18-7-3-4-13(16)17-2/h5-6,8-9,15H,3-4,7H2,1-2H3. The fourth-order valence-electron chi connectivity index (χ4n) is 1.39. The third kappa shape index (κ3) is 4.33. The van der Waals surface area contributed by atoms with Gasteiger partial charge in [-0.1, -0.05) is 6.07 Å². The summed E-state index contributed by atoms with van der Waals surface area (Å²) in [5.74, 6) is -0.723. The van der Waals surface area contributed by atoms with Gasteiger partial charge in [0.05, 0.1) is 19.8 Å². The fourth-order valence-corrected chi connectivity index (χ4v) is 1.39. The van der Waals surface area contributed by atoms with Crippen molar-refractivity contribution in [3.05, 3.63) is 29.6 Å². The van der Waals surface area contributed by atoms with Gasteiger partial charge in [0.1, 0.15) is 0 Å². The molecule has 1 unspecified atom stereocenters. The van der Waals surface area contributed by atoms with Gasteiger partial charge in [-0.3, -0.25) is 4.79 Å². The van der Waals surface area contributed by atoms with Gasteiger partial charge in [-0.2, -0.15) is 0 Å². The summed E-state index contributed by atoms with van der Waals surface area (Å²) in [6.07, 6.45) is -0.0124. The first-order valence-electron chi connectivity index (χ1n) is 5.71. The highest BCUT2D eigenvalue weighted by Gasteiger charge is 2.08. The summed E-state index contributed by atoms with van der Waals surface area (Å²) in [4.78, 5) is 10.8. The van der Waals surface area contributed by atoms with Crippen molar-refractivity contribution in [1.29, 1.82) is 0 Å². The third-order valence-electron chi connectivity index (χ3n) is 2.45. The molecule has 0 heterocycles. The molecule has 0 saturated heterocycles. The van der Waals surface area contributed by atoms with Gasteiger partial charge in [-0.25, -0.2) is 4.39 Å². The van der Waals surface area contributed by atoms with E-state index in [1.54, 1.807) is 13.0 Å². The van der Waals surface area contributed by atoms with Gasteiger partial charge in [0.15, 0.2) is 11.6 Å². The summed E-state index contributed by atoms with van der Waals surface area (Å²) in [6, 6.07) is 4.30. The van der Waals surface area contributed by atoms with Crippen molar-refractivity contribution in [2.24, 2.45) is 0 Å². The predicted octanol–water partition coefficient (Wildman–Crippen LogP) is 2.21. The number of methoxy groups -OCH3 is 1. The SMILES string of the molecule is COC(=O)CCCOc1ccc(C(C)O)cc1F. The lowest BCUT2D eigenvalue weighted by Gasteiger charge is -2.09. The van der Waals surface area contributed by atoms with E-state index in [9.17, 15) is 14.3 Å². The van der Waals surface area contributed by atoms with Crippen LogP contribution >= 0.6 is 0 Å². The van der Waals surface area contributed by atoms with E-state index in [0.29, 0.717) is 12.0 Å². The number of carbonyl (C=O) groups is 1. The summed E-state index contributed by atoms with van der Waals surface area (Å²) in [6.45, 7) is 1.80. The fraction of sp³-hybridized carbons (Fsp3) is 0.462. The summed E-state index contributed by atoms with van der Waals surface area (Å²) >= 11 is 0. The maximum Gasteiger partial charge on any atom is 0.305 e. The van der Waals surface area contributed by atoms with Crippen LogP contribution in [0.25, 0.3) is 0 Å². The maximum atomic E-state index is 13.5. The predicted molar refractivity (Wildman–Crippen MR) is 63.8 cm³/mol. The molecule has 18 heavy (non-hydrogen) atoms. The van der Waals surface area contributed by atoms with E-state index < -0.39 is 11.9 Å². The van der Waals surface area contributed by atoms with E-state index in [1.807, 2.05) is 0 Å². The quantitative estimate of drug-likeness (QED) is 0.626. The number of hydrogen-bond acceptors (Lipinski definition) is 4. The number of rotatable bonds is 6. The normalized spacial score (nSPS) is 12.0. The Bertz CT molecular complexity index is 404. The number of carbonyl (C=O) groups excluding carboxylic acids is 1. The molecule has 1 aromatic rings. The molecule has 0 bridgehead atoms. The molecule has 0 aromatic heterocycles. The van der Waals surface area contributed by atoms with Gasteiger partial charge in [0, 0.05) is 6.42 Å². The minimum absolute atomic E-state index is 0.115. The van der Waals surface area contributed by atoms with Gasteiger partial charge >= 0.3 is 5.97 Å². The molecule has 1 atom stereocenters. The molecule has 0 aliphatic heterocycles. The zero-order chi connectivity index (χ0) is 13.5. The number of hydrogen-bond donors (Lipinski definition) is 1. The molecule has 1 rings (SSSR count). The van der Waals surface area contributed by atoms with E-state index in [-0.39, 0.29) is 24.7 Å². The molecule has 4 nitrogen and oxygen atoms in total. The first-order chi connectivity index (χ1) is 8.54. The van der Waals surface area contributed by atoms with Crippen molar-refractivity contribution in [3.63, 3.8) is 0 Å². The second-order valence-electron chi connectivity index (χ2n) is 3.89. The summed E-state index contributed by atoms with van der Waals surface area (Å²) < 4.78 is 23.2. The highest BCUT2D eigenvalue weighted by Crippen LogP contribution is 2.22. The van der Waals surface area contributed by atoms with Crippen molar-refractivity contribution in [1.82, 2.24) is 0 Å². The average molecular weight is 256 g/mol. The summed E-state index contributed by atoms with van der Waals surface area (Å²) in [5, 5.41) is 9.28. The Balaban J connectivity index is 2.45. The first-order valence-corrected chi connectivity index (χ1v) is 5.71. The first kappa shape index (κ1) is 14.4. The lowest BCUT2D eigenvalue weighted by molar-refractivity contribution is -0.140. The molecule has 0 amide bonds. The zero-order valence-electron chi connectivity index (χ0n) is 10.5. The van der Waals surface area contributed by atoms with Crippen LogP contribution < -0.4 is 4.74 Å². The lowest BCUT2D eigenvalue weighted by Crippen LogP contribution is -2.05. The monoisotopic (exact) mass is 256 g/mol. The van der Waals surface area contributed by atoms with Crippen LogP contribution in [0.2, 0.25) is 0 Å². The summed E-state index contributed by atoms with van der Waals surface area (Å²) in [5.41, 5.74) is 0.495. The van der Waals surface area contributed by atoms with Gasteiger partial charge in [0.25, 0.3) is 0 Å². The number of halogens is 1. The number of benzene rings is 1. The molecule has 5 heteroatoms. The van der Waals surface area contributed by atoms with E-state index >= 15 is 0 Å². The molecule has 100 valence electrons. The lowest BCUT2D eigenvalue weighted by atomic mass is 10.1. The zero-order valence-corrected chi connectivity index (χ0v) is 10.5. The smallest absolute Gasteiger partial charge is 0.305 e. The largest absolute Gasteiger partial charge is 0.491 e. The second kappa shape index (κ2) is 6.96. The molecular weight excluding hydrogens is 239 g/mol. The molecule has 0 radical (unpaired) electrons. The van der Waals surface area contributed by atoms with Crippen LogP contribution in [-0.2, 0) is 9.53 Å². The molecule has 0 aliphatic carbocycles. The van der Waals surface area contributed by atoms with Crippen molar-refractivity contribution >= 4 is 5.97 Å². The van der Waals surface area contributed by atoms with Crippen LogP contribution in [0.4, 0.5) is 4.39 Å². The van der Waals surface area contributed by atoms with Crippen LogP contribution in [-0.4, -0.2) is 24.8 Å². The second-order valence-corrected chi connectivity index (χ2v) is 3.89. The molecule has 0 fully saturated rings. The molecular formula is C13H17FO4. The molecule has 0 saturated carbocycles. The minimum atomic E-state index is -0.715. The number of aliphatic hydroxyl groups is 1. The Morgan fingerprint density at radius 1 is 1.50 bits per heavy atom. The van der Waals surface area contributed by atoms with Crippen LogP contribution in [0, 0.1) is 5.82 Å². The third-order valence-corrected chi connectivity index (χ3v) is 2.45. The number of ether oxygens (including phenoxy) is 2. The number of esters is 1. The van der Waals surface area contributed by atoms with E-state index in [2.05, 4.69) is 4.74 Å². The van der Waals surface area contributed by atoms with E-state index in [1.165, 1.54) is 19.2 Å². The molecule has 0 spiro atoms. The van der Waals surface area contributed by atoms with E-state index in [4.69, 9.17) is 4.74 Å². The van der Waals surface area contributed by atoms with Crippen LogP contribution in [0.15, 0.2) is 18.2 Å². The number of aliphatic hydroxyl groups excluding tert-OH is 1. The van der Waals surface area contributed by atoms with Crippen molar-refractivity contribution < 1.29 is 23.8 Å². The minimum Gasteiger partial charge on any atom is -0.491 e. The van der Waals surface area contributed by atoms with Crippen LogP contribution in [0.1, 0.15) is 31.4 Å². The molecule has 1 N–H and O–H groups in total.